The second-order valence-corrected chi connectivity index (χ2v) is 7.90. The summed E-state index contributed by atoms with van der Waals surface area (Å²) in [7, 11) is 0. The molecule has 0 spiro atoms. The van der Waals surface area contributed by atoms with Crippen LogP contribution in [0.2, 0.25) is 0 Å². The summed E-state index contributed by atoms with van der Waals surface area (Å²) in [5, 5.41) is 2.97. The molecule has 7 nitrogen and oxygen atoms in total. The van der Waals surface area contributed by atoms with E-state index in [-0.39, 0.29) is 11.8 Å². The molecule has 2 amide bonds. The van der Waals surface area contributed by atoms with Crippen LogP contribution in [0.3, 0.4) is 0 Å². The molecule has 7 heteroatoms. The zero-order chi connectivity index (χ0) is 20.8. The Morgan fingerprint density at radius 3 is 2.37 bits per heavy atom. The number of nitrogens with one attached hydrogen (secondary N) is 1. The van der Waals surface area contributed by atoms with E-state index in [9.17, 15) is 9.59 Å². The SMILES string of the molecule is O=C(CN1CCN(C(=O)c2cccnc2N2CCCC2)CC1)NCc1ccccc1. The second kappa shape index (κ2) is 9.71. The minimum absolute atomic E-state index is 0.0159. The van der Waals surface area contributed by atoms with Crippen molar-refractivity contribution < 1.29 is 9.59 Å². The molecular formula is C23H29N5O2. The van der Waals surface area contributed by atoms with Crippen LogP contribution in [0, 0.1) is 0 Å². The Balaban J connectivity index is 1.27. The minimum Gasteiger partial charge on any atom is -0.356 e. The van der Waals surface area contributed by atoms with E-state index in [2.05, 4.69) is 20.1 Å². The van der Waals surface area contributed by atoms with Crippen LogP contribution in [-0.4, -0.2) is 72.4 Å². The Morgan fingerprint density at radius 2 is 1.63 bits per heavy atom. The molecular weight excluding hydrogens is 378 g/mol. The first kappa shape index (κ1) is 20.3. The minimum atomic E-state index is 0.0159. The Bertz CT molecular complexity index is 859. The third-order valence-electron chi connectivity index (χ3n) is 5.78. The van der Waals surface area contributed by atoms with E-state index < -0.39 is 0 Å². The number of piperazine rings is 1. The van der Waals surface area contributed by atoms with Gasteiger partial charge in [-0.3, -0.25) is 14.5 Å². The molecule has 2 fully saturated rings. The van der Waals surface area contributed by atoms with Crippen molar-refractivity contribution in [2.75, 3.05) is 50.7 Å². The molecule has 2 aliphatic rings. The predicted molar refractivity (Wildman–Crippen MR) is 116 cm³/mol. The molecule has 0 unspecified atom stereocenters. The van der Waals surface area contributed by atoms with Gasteiger partial charge in [-0.25, -0.2) is 4.98 Å². The lowest BCUT2D eigenvalue weighted by Gasteiger charge is -2.35. The summed E-state index contributed by atoms with van der Waals surface area (Å²) in [6.45, 7) is 5.47. The van der Waals surface area contributed by atoms with Crippen molar-refractivity contribution in [3.8, 4) is 0 Å². The van der Waals surface area contributed by atoms with Crippen molar-refractivity contribution in [2.24, 2.45) is 0 Å². The van der Waals surface area contributed by atoms with Gasteiger partial charge in [0.1, 0.15) is 5.82 Å². The van der Waals surface area contributed by atoms with Crippen LogP contribution in [0.5, 0.6) is 0 Å². The second-order valence-electron chi connectivity index (χ2n) is 7.90. The number of benzene rings is 1. The molecule has 0 aliphatic carbocycles. The lowest BCUT2D eigenvalue weighted by Crippen LogP contribution is -2.51. The summed E-state index contributed by atoms with van der Waals surface area (Å²) in [6.07, 6.45) is 4.06. The van der Waals surface area contributed by atoms with Gasteiger partial charge in [-0.15, -0.1) is 0 Å². The van der Waals surface area contributed by atoms with Gasteiger partial charge in [-0.05, 0) is 30.5 Å². The molecule has 158 valence electrons. The number of hydrogen-bond donors (Lipinski definition) is 1. The third-order valence-corrected chi connectivity index (χ3v) is 5.78. The van der Waals surface area contributed by atoms with Gasteiger partial charge in [-0.2, -0.15) is 0 Å². The fraction of sp³-hybridized carbons (Fsp3) is 0.435. The molecule has 1 N–H and O–H groups in total. The Kier molecular flexibility index (Phi) is 6.59. The molecule has 0 saturated carbocycles. The van der Waals surface area contributed by atoms with Gasteiger partial charge >= 0.3 is 0 Å². The molecule has 2 aromatic rings. The summed E-state index contributed by atoms with van der Waals surface area (Å²) in [5.41, 5.74) is 1.78. The lowest BCUT2D eigenvalue weighted by atomic mass is 10.2. The number of anilines is 1. The number of amides is 2. The number of rotatable bonds is 6. The van der Waals surface area contributed by atoms with Crippen LogP contribution in [0.1, 0.15) is 28.8 Å². The van der Waals surface area contributed by atoms with E-state index in [1.165, 1.54) is 0 Å². The Hall–Kier alpha value is -2.93. The van der Waals surface area contributed by atoms with E-state index in [1.807, 2.05) is 47.4 Å². The van der Waals surface area contributed by atoms with Gasteiger partial charge < -0.3 is 15.1 Å². The average Bonchev–Trinajstić information content (AvgIpc) is 3.33. The number of aromatic nitrogens is 1. The topological polar surface area (TPSA) is 68.8 Å². The molecule has 30 heavy (non-hydrogen) atoms. The maximum absolute atomic E-state index is 13.1. The van der Waals surface area contributed by atoms with Gasteiger partial charge in [0.15, 0.2) is 0 Å². The maximum atomic E-state index is 13.1. The molecule has 3 heterocycles. The summed E-state index contributed by atoms with van der Waals surface area (Å²) >= 11 is 0. The number of hydrogen-bond acceptors (Lipinski definition) is 5. The van der Waals surface area contributed by atoms with Crippen molar-refractivity contribution in [1.29, 1.82) is 0 Å². The summed E-state index contributed by atoms with van der Waals surface area (Å²) < 4.78 is 0. The quantitative estimate of drug-likeness (QED) is 0.790. The fourth-order valence-corrected chi connectivity index (χ4v) is 4.08. The summed E-state index contributed by atoms with van der Waals surface area (Å²) in [6, 6.07) is 13.6. The summed E-state index contributed by atoms with van der Waals surface area (Å²) in [5.74, 6) is 0.864. The molecule has 2 saturated heterocycles. The summed E-state index contributed by atoms with van der Waals surface area (Å²) in [4.78, 5) is 36.1. The first-order chi connectivity index (χ1) is 14.7. The Morgan fingerprint density at radius 1 is 0.900 bits per heavy atom. The first-order valence-electron chi connectivity index (χ1n) is 10.7. The van der Waals surface area contributed by atoms with Crippen LogP contribution >= 0.6 is 0 Å². The van der Waals surface area contributed by atoms with Crippen molar-refractivity contribution in [3.63, 3.8) is 0 Å². The van der Waals surface area contributed by atoms with Crippen molar-refractivity contribution in [1.82, 2.24) is 20.1 Å². The lowest BCUT2D eigenvalue weighted by molar-refractivity contribution is -0.122. The third kappa shape index (κ3) is 4.97. The van der Waals surface area contributed by atoms with Crippen LogP contribution in [-0.2, 0) is 11.3 Å². The van der Waals surface area contributed by atoms with Gasteiger partial charge in [0.2, 0.25) is 5.91 Å². The predicted octanol–water partition coefficient (Wildman–Crippen LogP) is 1.76. The molecule has 1 aromatic carbocycles. The fourth-order valence-electron chi connectivity index (χ4n) is 4.08. The zero-order valence-electron chi connectivity index (χ0n) is 17.3. The Labute approximate surface area is 177 Å². The highest BCUT2D eigenvalue weighted by Gasteiger charge is 2.27. The van der Waals surface area contributed by atoms with E-state index in [0.717, 1.165) is 37.3 Å². The molecule has 4 rings (SSSR count). The van der Waals surface area contributed by atoms with E-state index in [1.54, 1.807) is 6.20 Å². The van der Waals surface area contributed by atoms with Crippen LogP contribution in [0.4, 0.5) is 5.82 Å². The van der Waals surface area contributed by atoms with Gasteiger partial charge in [0.25, 0.3) is 5.91 Å². The molecule has 2 aliphatic heterocycles. The highest BCUT2D eigenvalue weighted by molar-refractivity contribution is 5.99. The van der Waals surface area contributed by atoms with E-state index in [0.29, 0.717) is 44.8 Å². The van der Waals surface area contributed by atoms with Gasteiger partial charge in [0.05, 0.1) is 12.1 Å². The van der Waals surface area contributed by atoms with Crippen molar-refractivity contribution in [3.05, 3.63) is 59.8 Å². The van der Waals surface area contributed by atoms with Crippen LogP contribution < -0.4 is 10.2 Å². The van der Waals surface area contributed by atoms with Crippen molar-refractivity contribution in [2.45, 2.75) is 19.4 Å². The van der Waals surface area contributed by atoms with E-state index in [4.69, 9.17) is 0 Å². The maximum Gasteiger partial charge on any atom is 0.257 e. The van der Waals surface area contributed by atoms with Crippen molar-refractivity contribution >= 4 is 17.6 Å². The van der Waals surface area contributed by atoms with Gasteiger partial charge in [-0.1, -0.05) is 30.3 Å². The number of carbonyl (C=O) groups excluding carboxylic acids is 2. The smallest absolute Gasteiger partial charge is 0.257 e. The normalized spacial score (nSPS) is 17.2. The zero-order valence-corrected chi connectivity index (χ0v) is 17.3. The van der Waals surface area contributed by atoms with Gasteiger partial charge in [0, 0.05) is 52.0 Å². The standard InChI is InChI=1S/C23H29N5O2/c29-21(25-17-19-7-2-1-3-8-19)18-26-13-15-28(16-14-26)23(30)20-9-6-10-24-22(20)27-11-4-5-12-27/h1-3,6-10H,4-5,11-18H2,(H,25,29). The molecule has 1 aromatic heterocycles. The number of pyridine rings is 1. The highest BCUT2D eigenvalue weighted by atomic mass is 16.2. The monoisotopic (exact) mass is 407 g/mol. The number of nitrogens with zero attached hydrogens (tertiary/aromatic N) is 4. The number of carbonyl (C=O) groups is 2. The van der Waals surface area contributed by atoms with Crippen LogP contribution in [0.15, 0.2) is 48.7 Å². The molecule has 0 atom stereocenters. The molecule has 0 radical (unpaired) electrons. The average molecular weight is 408 g/mol. The van der Waals surface area contributed by atoms with E-state index >= 15 is 0 Å². The first-order valence-corrected chi connectivity index (χ1v) is 10.7. The largest absolute Gasteiger partial charge is 0.356 e. The van der Waals surface area contributed by atoms with Crippen LogP contribution in [0.25, 0.3) is 0 Å². The highest BCUT2D eigenvalue weighted by Crippen LogP contribution is 2.23. The molecule has 0 bridgehead atoms.